The van der Waals surface area contributed by atoms with Crippen molar-refractivity contribution in [3.8, 4) is 0 Å². The Morgan fingerprint density at radius 3 is 2.59 bits per heavy atom. The van der Waals surface area contributed by atoms with Crippen LogP contribution in [0.2, 0.25) is 10.0 Å². The number of aliphatic carboxylic acids is 1. The molecule has 118 valence electrons. The Balaban J connectivity index is 1.75. The molecule has 1 amide bonds. The van der Waals surface area contributed by atoms with E-state index in [2.05, 4.69) is 0 Å². The van der Waals surface area contributed by atoms with Crippen LogP contribution < -0.4 is 0 Å². The minimum atomic E-state index is -1.21. The van der Waals surface area contributed by atoms with Crippen LogP contribution in [-0.2, 0) is 14.3 Å². The molecule has 2 fully saturated rings. The van der Waals surface area contributed by atoms with E-state index in [0.717, 1.165) is 5.56 Å². The average Bonchev–Trinajstić information content (AvgIpc) is 3.31. The van der Waals surface area contributed by atoms with Gasteiger partial charge in [0.1, 0.15) is 11.5 Å². The first-order valence-electron chi connectivity index (χ1n) is 7.03. The highest BCUT2D eigenvalue weighted by Crippen LogP contribution is 2.48. The highest BCUT2D eigenvalue weighted by atomic mass is 35.5. The van der Waals surface area contributed by atoms with Gasteiger partial charge in [0, 0.05) is 6.54 Å². The molecule has 22 heavy (non-hydrogen) atoms. The first kappa shape index (κ1) is 15.6. The van der Waals surface area contributed by atoms with Gasteiger partial charge in [0.25, 0.3) is 0 Å². The zero-order valence-electron chi connectivity index (χ0n) is 11.7. The number of nitrogens with zero attached hydrogens (tertiary/aromatic N) is 1. The lowest BCUT2D eigenvalue weighted by Crippen LogP contribution is -2.47. The fourth-order valence-electron chi connectivity index (χ4n) is 2.69. The van der Waals surface area contributed by atoms with Crippen molar-refractivity contribution in [1.82, 2.24) is 4.90 Å². The number of amides is 1. The largest absolute Gasteiger partial charge is 0.480 e. The quantitative estimate of drug-likeness (QED) is 0.857. The monoisotopic (exact) mass is 343 g/mol. The van der Waals surface area contributed by atoms with Crippen LogP contribution in [0.25, 0.3) is 0 Å². The Kier molecular flexibility index (Phi) is 4.05. The van der Waals surface area contributed by atoms with E-state index in [-0.39, 0.29) is 12.0 Å². The Bertz CT molecular complexity index is 630. The summed E-state index contributed by atoms with van der Waals surface area (Å²) in [6.45, 7) is 1.10. The third kappa shape index (κ3) is 2.69. The summed E-state index contributed by atoms with van der Waals surface area (Å²) in [5.41, 5.74) is -0.383. The third-order valence-corrected chi connectivity index (χ3v) is 4.98. The minimum Gasteiger partial charge on any atom is -0.480 e. The molecular weight excluding hydrogens is 329 g/mol. The van der Waals surface area contributed by atoms with Gasteiger partial charge in [0.05, 0.1) is 23.2 Å². The molecule has 1 saturated carbocycles. The van der Waals surface area contributed by atoms with Gasteiger partial charge in [0.15, 0.2) is 0 Å². The van der Waals surface area contributed by atoms with E-state index in [1.165, 1.54) is 0 Å². The molecule has 0 radical (unpaired) electrons. The first-order chi connectivity index (χ1) is 10.4. The second kappa shape index (κ2) is 5.72. The van der Waals surface area contributed by atoms with Crippen molar-refractivity contribution in [3.05, 3.63) is 33.8 Å². The summed E-state index contributed by atoms with van der Waals surface area (Å²) in [6.07, 6.45) is 0.503. The molecule has 0 spiro atoms. The number of halogens is 2. The summed E-state index contributed by atoms with van der Waals surface area (Å²) in [4.78, 5) is 25.3. The molecule has 2 aliphatic rings. The lowest BCUT2D eigenvalue weighted by Gasteiger charge is -2.34. The summed E-state index contributed by atoms with van der Waals surface area (Å²) in [5.74, 6) is -1.34. The van der Waals surface area contributed by atoms with Gasteiger partial charge in [-0.2, -0.15) is 0 Å². The molecule has 1 aromatic rings. The fraction of sp³-hybridized carbons (Fsp3) is 0.467. The number of hydrogen-bond donors (Lipinski definition) is 1. The summed E-state index contributed by atoms with van der Waals surface area (Å²) in [5, 5.41) is 10.1. The number of ether oxygens (including phenoxy) is 1. The topological polar surface area (TPSA) is 66.8 Å². The van der Waals surface area contributed by atoms with Crippen molar-refractivity contribution in [2.45, 2.75) is 18.9 Å². The molecule has 0 bridgehead atoms. The number of hydrogen-bond acceptors (Lipinski definition) is 3. The summed E-state index contributed by atoms with van der Waals surface area (Å²) >= 11 is 11.9. The maximum absolute atomic E-state index is 12.5. The number of morpholine rings is 1. The summed E-state index contributed by atoms with van der Waals surface area (Å²) in [6, 6.07) is 5.20. The van der Waals surface area contributed by atoms with E-state index < -0.39 is 11.4 Å². The molecule has 5 nitrogen and oxygen atoms in total. The van der Waals surface area contributed by atoms with E-state index in [1.54, 1.807) is 23.1 Å². The van der Waals surface area contributed by atoms with Crippen molar-refractivity contribution in [2.24, 2.45) is 5.41 Å². The minimum absolute atomic E-state index is 0.312. The molecule has 0 aromatic heterocycles. The molecule has 1 heterocycles. The van der Waals surface area contributed by atoms with Crippen molar-refractivity contribution in [3.63, 3.8) is 0 Å². The SMILES string of the molecule is O=C(O)C1(C(=O)N2CCOC(c3ccc(Cl)c(Cl)c3)C2)CC1. The number of carbonyl (C=O) groups excluding carboxylic acids is 1. The standard InChI is InChI=1S/C15H15Cl2NO4/c16-10-2-1-9(7-11(10)17)12-8-18(5-6-22-12)13(19)15(3-4-15)14(20)21/h1-2,7,12H,3-6,8H2,(H,20,21). The lowest BCUT2D eigenvalue weighted by atomic mass is 10.0. The smallest absolute Gasteiger partial charge is 0.319 e. The molecule has 1 aliphatic heterocycles. The lowest BCUT2D eigenvalue weighted by molar-refractivity contribution is -0.157. The van der Waals surface area contributed by atoms with Gasteiger partial charge in [-0.05, 0) is 30.5 Å². The summed E-state index contributed by atoms with van der Waals surface area (Å²) in [7, 11) is 0. The van der Waals surface area contributed by atoms with Crippen molar-refractivity contribution in [1.29, 1.82) is 0 Å². The fourth-order valence-corrected chi connectivity index (χ4v) is 3.00. The number of rotatable bonds is 3. The average molecular weight is 344 g/mol. The Hall–Kier alpha value is -1.30. The van der Waals surface area contributed by atoms with Crippen molar-refractivity contribution in [2.75, 3.05) is 19.7 Å². The van der Waals surface area contributed by atoms with Crippen LogP contribution >= 0.6 is 23.2 Å². The third-order valence-electron chi connectivity index (χ3n) is 4.24. The van der Waals surface area contributed by atoms with Crippen LogP contribution in [0.5, 0.6) is 0 Å². The highest BCUT2D eigenvalue weighted by molar-refractivity contribution is 6.42. The maximum atomic E-state index is 12.5. The predicted molar refractivity (Wildman–Crippen MR) is 81.0 cm³/mol. The zero-order chi connectivity index (χ0) is 15.9. The molecule has 1 saturated heterocycles. The van der Waals surface area contributed by atoms with Crippen LogP contribution in [0.4, 0.5) is 0 Å². The van der Waals surface area contributed by atoms with Gasteiger partial charge in [0.2, 0.25) is 5.91 Å². The van der Waals surface area contributed by atoms with E-state index in [9.17, 15) is 14.7 Å². The molecule has 7 heteroatoms. The van der Waals surface area contributed by atoms with E-state index in [0.29, 0.717) is 42.6 Å². The second-order valence-electron chi connectivity index (χ2n) is 5.67. The van der Waals surface area contributed by atoms with Crippen molar-refractivity contribution >= 4 is 35.1 Å². The number of benzene rings is 1. The Morgan fingerprint density at radius 2 is 2.00 bits per heavy atom. The maximum Gasteiger partial charge on any atom is 0.319 e. The van der Waals surface area contributed by atoms with Crippen LogP contribution in [0.3, 0.4) is 0 Å². The van der Waals surface area contributed by atoms with Crippen LogP contribution in [0, 0.1) is 5.41 Å². The van der Waals surface area contributed by atoms with E-state index >= 15 is 0 Å². The van der Waals surface area contributed by atoms with Gasteiger partial charge < -0.3 is 14.7 Å². The molecule has 1 atom stereocenters. The predicted octanol–water partition coefficient (Wildman–Crippen LogP) is 2.76. The molecule has 1 aliphatic carbocycles. The Labute approximate surface area is 137 Å². The Morgan fingerprint density at radius 1 is 1.27 bits per heavy atom. The van der Waals surface area contributed by atoms with Crippen LogP contribution in [0.1, 0.15) is 24.5 Å². The molecule has 1 N–H and O–H groups in total. The molecule has 1 unspecified atom stereocenters. The zero-order valence-corrected chi connectivity index (χ0v) is 13.2. The molecular formula is C15H15Cl2NO4. The van der Waals surface area contributed by atoms with Gasteiger partial charge in [-0.1, -0.05) is 29.3 Å². The molecule has 1 aromatic carbocycles. The number of carbonyl (C=O) groups is 2. The highest BCUT2D eigenvalue weighted by Gasteiger charge is 2.58. The number of carboxylic acids is 1. The second-order valence-corrected chi connectivity index (χ2v) is 6.49. The molecule has 3 rings (SSSR count). The van der Waals surface area contributed by atoms with Gasteiger partial charge in [-0.3, -0.25) is 9.59 Å². The van der Waals surface area contributed by atoms with Crippen LogP contribution in [0.15, 0.2) is 18.2 Å². The number of carboxylic acid groups (broad SMARTS) is 1. The van der Waals surface area contributed by atoms with Gasteiger partial charge in [-0.25, -0.2) is 0 Å². The normalized spacial score (nSPS) is 23.2. The van der Waals surface area contributed by atoms with E-state index in [1.807, 2.05) is 0 Å². The van der Waals surface area contributed by atoms with E-state index in [4.69, 9.17) is 27.9 Å². The van der Waals surface area contributed by atoms with Crippen molar-refractivity contribution < 1.29 is 19.4 Å². The van der Waals surface area contributed by atoms with Gasteiger partial charge in [-0.15, -0.1) is 0 Å². The summed E-state index contributed by atoms with van der Waals surface area (Å²) < 4.78 is 5.69. The van der Waals surface area contributed by atoms with Gasteiger partial charge >= 0.3 is 5.97 Å². The first-order valence-corrected chi connectivity index (χ1v) is 7.79. The van der Waals surface area contributed by atoms with Crippen LogP contribution in [-0.4, -0.2) is 41.6 Å².